The Hall–Kier alpha value is -1.66. The van der Waals surface area contributed by atoms with Crippen LogP contribution < -0.4 is 11.1 Å². The van der Waals surface area contributed by atoms with E-state index in [1.807, 2.05) is 25.9 Å². The number of nitrogen functional groups attached to an aromatic ring is 1. The Morgan fingerprint density at radius 2 is 2.21 bits per heavy atom. The Morgan fingerprint density at radius 3 is 2.84 bits per heavy atom. The normalized spacial score (nSPS) is 10.7. The molecule has 0 unspecified atom stereocenters. The van der Waals surface area contributed by atoms with Crippen LogP contribution in [0.5, 0.6) is 0 Å². The van der Waals surface area contributed by atoms with Crippen LogP contribution in [0.2, 0.25) is 0 Å². The van der Waals surface area contributed by atoms with Gasteiger partial charge in [0.2, 0.25) is 0 Å². The van der Waals surface area contributed by atoms with E-state index in [9.17, 15) is 4.79 Å². The van der Waals surface area contributed by atoms with Crippen LogP contribution in [-0.4, -0.2) is 56.2 Å². The van der Waals surface area contributed by atoms with Crippen molar-refractivity contribution in [3.05, 3.63) is 23.5 Å². The number of rotatable bonds is 7. The summed E-state index contributed by atoms with van der Waals surface area (Å²) in [6.45, 7) is 4.29. The molecule has 0 spiro atoms. The second kappa shape index (κ2) is 7.70. The molecule has 6 nitrogen and oxygen atoms in total. The maximum absolute atomic E-state index is 11.8. The van der Waals surface area contributed by atoms with Crippen LogP contribution in [-0.2, 0) is 4.74 Å². The highest BCUT2D eigenvalue weighted by Gasteiger charge is 2.09. The van der Waals surface area contributed by atoms with E-state index in [-0.39, 0.29) is 5.91 Å². The van der Waals surface area contributed by atoms with Gasteiger partial charge in [0.05, 0.1) is 18.8 Å². The Bertz CT molecular complexity index is 421. The SMILES string of the molecule is Cc1cc(N)c(C(=O)NCCOCCN(C)C)cn1. The molecule has 1 amide bonds. The second-order valence-electron chi connectivity index (χ2n) is 4.58. The van der Waals surface area contributed by atoms with Crippen LogP contribution >= 0.6 is 0 Å². The van der Waals surface area contributed by atoms with E-state index in [4.69, 9.17) is 10.5 Å². The van der Waals surface area contributed by atoms with Crippen molar-refractivity contribution in [1.29, 1.82) is 0 Å². The van der Waals surface area contributed by atoms with Crippen LogP contribution in [0.1, 0.15) is 16.1 Å². The molecule has 19 heavy (non-hydrogen) atoms. The number of anilines is 1. The lowest BCUT2D eigenvalue weighted by atomic mass is 10.2. The van der Waals surface area contributed by atoms with Crippen LogP contribution in [0, 0.1) is 6.92 Å². The molecular formula is C13H22N4O2. The molecule has 106 valence electrons. The van der Waals surface area contributed by atoms with E-state index in [1.165, 1.54) is 6.20 Å². The Kier molecular flexibility index (Phi) is 6.24. The Labute approximate surface area is 113 Å². The summed E-state index contributed by atoms with van der Waals surface area (Å²) in [7, 11) is 3.97. The zero-order valence-corrected chi connectivity index (χ0v) is 11.8. The van der Waals surface area contributed by atoms with Gasteiger partial charge in [-0.3, -0.25) is 9.78 Å². The molecule has 3 N–H and O–H groups in total. The summed E-state index contributed by atoms with van der Waals surface area (Å²) in [5.41, 5.74) is 7.41. The molecule has 1 aromatic rings. The summed E-state index contributed by atoms with van der Waals surface area (Å²) in [4.78, 5) is 17.9. The quantitative estimate of drug-likeness (QED) is 0.693. The summed E-state index contributed by atoms with van der Waals surface area (Å²) in [6.07, 6.45) is 1.49. The lowest BCUT2D eigenvalue weighted by Gasteiger charge is -2.10. The molecule has 1 heterocycles. The van der Waals surface area contributed by atoms with Crippen LogP contribution in [0.4, 0.5) is 5.69 Å². The Balaban J connectivity index is 2.28. The van der Waals surface area contributed by atoms with Gasteiger partial charge in [0.1, 0.15) is 0 Å². The first kappa shape index (κ1) is 15.4. The number of likely N-dealkylation sites (N-methyl/N-ethyl adjacent to an activating group) is 1. The molecule has 0 aliphatic carbocycles. The number of carbonyl (C=O) groups is 1. The number of nitrogens with two attached hydrogens (primary N) is 1. The standard InChI is InChI=1S/C13H22N4O2/c1-10-8-12(14)11(9-16-10)13(18)15-4-6-19-7-5-17(2)3/h8-9H,4-7H2,1-3H3,(H2,14,16)(H,15,18). The number of pyridine rings is 1. The van der Waals surface area contributed by atoms with Crippen molar-refractivity contribution in [3.63, 3.8) is 0 Å². The fourth-order valence-electron chi connectivity index (χ4n) is 1.45. The van der Waals surface area contributed by atoms with Gasteiger partial charge in [0.25, 0.3) is 5.91 Å². The maximum atomic E-state index is 11.8. The average Bonchev–Trinajstić information content (AvgIpc) is 2.32. The predicted octanol–water partition coefficient (Wildman–Crippen LogP) is 0.280. The number of nitrogens with one attached hydrogen (secondary N) is 1. The summed E-state index contributed by atoms with van der Waals surface area (Å²) in [6, 6.07) is 1.68. The molecule has 0 bridgehead atoms. The van der Waals surface area contributed by atoms with Gasteiger partial charge in [-0.2, -0.15) is 0 Å². The molecule has 0 aliphatic rings. The molecule has 0 saturated carbocycles. The van der Waals surface area contributed by atoms with Gasteiger partial charge in [-0.25, -0.2) is 0 Å². The number of aryl methyl sites for hydroxylation is 1. The molecule has 0 aliphatic heterocycles. The molecule has 6 heteroatoms. The third-order valence-electron chi connectivity index (χ3n) is 2.53. The van der Waals surface area contributed by atoms with Crippen molar-refractivity contribution in [2.45, 2.75) is 6.92 Å². The molecule has 1 rings (SSSR count). The first-order valence-corrected chi connectivity index (χ1v) is 6.23. The second-order valence-corrected chi connectivity index (χ2v) is 4.58. The van der Waals surface area contributed by atoms with Gasteiger partial charge in [0, 0.05) is 30.7 Å². The van der Waals surface area contributed by atoms with E-state index in [1.54, 1.807) is 6.07 Å². The lowest BCUT2D eigenvalue weighted by Crippen LogP contribution is -2.29. The van der Waals surface area contributed by atoms with Crippen molar-refractivity contribution in [2.75, 3.05) is 46.1 Å². The minimum Gasteiger partial charge on any atom is -0.398 e. The van der Waals surface area contributed by atoms with E-state index in [0.717, 1.165) is 12.2 Å². The molecule has 0 fully saturated rings. The Morgan fingerprint density at radius 1 is 1.47 bits per heavy atom. The topological polar surface area (TPSA) is 80.5 Å². The minimum atomic E-state index is -0.221. The third-order valence-corrected chi connectivity index (χ3v) is 2.53. The zero-order chi connectivity index (χ0) is 14.3. The lowest BCUT2D eigenvalue weighted by molar-refractivity contribution is 0.0900. The zero-order valence-electron chi connectivity index (χ0n) is 11.8. The highest BCUT2D eigenvalue weighted by molar-refractivity contribution is 5.98. The molecule has 0 aromatic carbocycles. The number of nitrogens with zero attached hydrogens (tertiary/aromatic N) is 2. The van der Waals surface area contributed by atoms with Crippen molar-refractivity contribution >= 4 is 11.6 Å². The summed E-state index contributed by atoms with van der Waals surface area (Å²) in [5.74, 6) is -0.221. The number of carbonyl (C=O) groups excluding carboxylic acids is 1. The van der Waals surface area contributed by atoms with Crippen LogP contribution in [0.25, 0.3) is 0 Å². The number of hydrogen-bond acceptors (Lipinski definition) is 5. The van der Waals surface area contributed by atoms with E-state index in [0.29, 0.717) is 31.0 Å². The summed E-state index contributed by atoms with van der Waals surface area (Å²) in [5, 5.41) is 2.75. The van der Waals surface area contributed by atoms with Crippen LogP contribution in [0.3, 0.4) is 0 Å². The smallest absolute Gasteiger partial charge is 0.255 e. The van der Waals surface area contributed by atoms with E-state index >= 15 is 0 Å². The first-order valence-electron chi connectivity index (χ1n) is 6.23. The fourth-order valence-corrected chi connectivity index (χ4v) is 1.45. The third kappa shape index (κ3) is 5.67. The number of amides is 1. The van der Waals surface area contributed by atoms with Gasteiger partial charge in [-0.1, -0.05) is 0 Å². The maximum Gasteiger partial charge on any atom is 0.255 e. The molecule has 0 atom stereocenters. The molecule has 1 aromatic heterocycles. The van der Waals surface area contributed by atoms with Gasteiger partial charge in [-0.05, 0) is 27.1 Å². The predicted molar refractivity (Wildman–Crippen MR) is 75.1 cm³/mol. The van der Waals surface area contributed by atoms with Gasteiger partial charge in [0.15, 0.2) is 0 Å². The molecule has 0 saturated heterocycles. The molecular weight excluding hydrogens is 244 g/mol. The van der Waals surface area contributed by atoms with Crippen molar-refractivity contribution in [2.24, 2.45) is 0 Å². The highest BCUT2D eigenvalue weighted by Crippen LogP contribution is 2.10. The first-order chi connectivity index (χ1) is 9.00. The fraction of sp³-hybridized carbons (Fsp3) is 0.538. The van der Waals surface area contributed by atoms with Gasteiger partial charge >= 0.3 is 0 Å². The van der Waals surface area contributed by atoms with Crippen molar-refractivity contribution < 1.29 is 9.53 Å². The molecule has 0 radical (unpaired) electrons. The van der Waals surface area contributed by atoms with E-state index in [2.05, 4.69) is 10.3 Å². The number of hydrogen-bond donors (Lipinski definition) is 2. The van der Waals surface area contributed by atoms with Gasteiger partial charge in [-0.15, -0.1) is 0 Å². The van der Waals surface area contributed by atoms with E-state index < -0.39 is 0 Å². The van der Waals surface area contributed by atoms with Crippen molar-refractivity contribution in [3.8, 4) is 0 Å². The van der Waals surface area contributed by atoms with Gasteiger partial charge < -0.3 is 20.7 Å². The van der Waals surface area contributed by atoms with Crippen molar-refractivity contribution in [1.82, 2.24) is 15.2 Å². The number of aromatic nitrogens is 1. The summed E-state index contributed by atoms with van der Waals surface area (Å²) >= 11 is 0. The van der Waals surface area contributed by atoms with Crippen LogP contribution in [0.15, 0.2) is 12.3 Å². The minimum absolute atomic E-state index is 0.221. The summed E-state index contributed by atoms with van der Waals surface area (Å²) < 4.78 is 5.38. The largest absolute Gasteiger partial charge is 0.398 e. The highest BCUT2D eigenvalue weighted by atomic mass is 16.5. The monoisotopic (exact) mass is 266 g/mol. The number of ether oxygens (including phenoxy) is 1. The average molecular weight is 266 g/mol.